The van der Waals surface area contributed by atoms with Crippen LogP contribution in [0.1, 0.15) is 18.7 Å². The van der Waals surface area contributed by atoms with Crippen molar-refractivity contribution in [1.82, 2.24) is 14.6 Å². The van der Waals surface area contributed by atoms with Crippen LogP contribution in [0.25, 0.3) is 5.52 Å². The molecule has 0 saturated heterocycles. The minimum Gasteiger partial charge on any atom is -0.391 e. The van der Waals surface area contributed by atoms with Gasteiger partial charge in [-0.25, -0.2) is 23.0 Å². The van der Waals surface area contributed by atoms with Crippen molar-refractivity contribution in [3.63, 3.8) is 0 Å². The molecule has 0 bridgehead atoms. The van der Waals surface area contributed by atoms with Crippen molar-refractivity contribution in [2.24, 2.45) is 0 Å². The highest BCUT2D eigenvalue weighted by Gasteiger charge is 2.34. The van der Waals surface area contributed by atoms with Crippen molar-refractivity contribution in [3.05, 3.63) is 24.2 Å². The Morgan fingerprint density at radius 2 is 2.00 bits per heavy atom. The third-order valence-corrected chi connectivity index (χ3v) is 5.62. The smallest absolute Gasteiger partial charge is 0.391 e. The summed E-state index contributed by atoms with van der Waals surface area (Å²) < 4.78 is 50.6. The summed E-state index contributed by atoms with van der Waals surface area (Å²) in [6.45, 7) is -0.650. The van der Waals surface area contributed by atoms with Crippen LogP contribution in [0.3, 0.4) is 0 Å². The molecule has 0 aliphatic rings. The van der Waals surface area contributed by atoms with E-state index in [2.05, 4.69) is 18.9 Å². The number of hydrogen-bond donors (Lipinski definition) is 5. The molecule has 2 aromatic heterocycles. The summed E-state index contributed by atoms with van der Waals surface area (Å²) in [7, 11) is -10.5. The fourth-order valence-electron chi connectivity index (χ4n) is 2.23. The molecule has 0 amide bonds. The van der Waals surface area contributed by atoms with Crippen LogP contribution in [-0.4, -0.2) is 59.9 Å². The maximum Gasteiger partial charge on any atom is 0.481 e. The number of rotatable bonds is 10. The zero-order chi connectivity index (χ0) is 21.1. The SMILES string of the molecule is C[C@H](O)[C@@H](COP(=O)(O)OP(=O)(O)O)OC(CF)c1ccc2c(N)ncnn12. The highest BCUT2D eigenvalue weighted by atomic mass is 31.3. The zero-order valence-corrected chi connectivity index (χ0v) is 16.2. The second kappa shape index (κ2) is 8.91. The summed E-state index contributed by atoms with van der Waals surface area (Å²) in [5.41, 5.74) is 6.31. The second-order valence-corrected chi connectivity index (χ2v) is 8.42. The molecule has 16 heteroatoms. The van der Waals surface area contributed by atoms with Crippen LogP contribution in [0.5, 0.6) is 0 Å². The zero-order valence-electron chi connectivity index (χ0n) is 14.4. The Bertz CT molecular complexity index is 904. The van der Waals surface area contributed by atoms with E-state index in [9.17, 15) is 23.5 Å². The van der Waals surface area contributed by atoms with Crippen molar-refractivity contribution in [2.75, 3.05) is 19.0 Å². The first-order valence-electron chi connectivity index (χ1n) is 7.65. The molecule has 13 nitrogen and oxygen atoms in total. The van der Waals surface area contributed by atoms with Crippen molar-refractivity contribution >= 4 is 27.0 Å². The van der Waals surface area contributed by atoms with Gasteiger partial charge in [-0.2, -0.15) is 9.41 Å². The van der Waals surface area contributed by atoms with Gasteiger partial charge in [-0.15, -0.1) is 0 Å². The summed E-state index contributed by atoms with van der Waals surface area (Å²) in [6.07, 6.45) is -2.79. The van der Waals surface area contributed by atoms with Crippen LogP contribution in [0.15, 0.2) is 18.5 Å². The van der Waals surface area contributed by atoms with Gasteiger partial charge < -0.3 is 30.3 Å². The van der Waals surface area contributed by atoms with Crippen molar-refractivity contribution in [1.29, 1.82) is 0 Å². The molecule has 4 atom stereocenters. The van der Waals surface area contributed by atoms with Gasteiger partial charge in [0, 0.05) is 0 Å². The average Bonchev–Trinajstić information content (AvgIpc) is 2.98. The fraction of sp³-hybridized carbons (Fsp3) is 0.500. The van der Waals surface area contributed by atoms with Gasteiger partial charge in [0.25, 0.3) is 0 Å². The van der Waals surface area contributed by atoms with Gasteiger partial charge in [-0.3, -0.25) is 4.52 Å². The van der Waals surface area contributed by atoms with Crippen molar-refractivity contribution < 1.29 is 46.9 Å². The first kappa shape index (κ1) is 22.8. The predicted molar refractivity (Wildman–Crippen MR) is 91.6 cm³/mol. The van der Waals surface area contributed by atoms with Gasteiger partial charge in [-0.05, 0) is 19.1 Å². The summed E-state index contributed by atoms with van der Waals surface area (Å²) in [5.74, 6) is 0.144. The van der Waals surface area contributed by atoms with Crippen molar-refractivity contribution in [3.8, 4) is 0 Å². The number of fused-ring (bicyclic) bond motifs is 1. The normalized spacial score (nSPS) is 17.9. The van der Waals surface area contributed by atoms with Crippen LogP contribution < -0.4 is 5.73 Å². The number of hydrogen-bond acceptors (Lipinski definition) is 9. The van der Waals surface area contributed by atoms with E-state index in [4.69, 9.17) is 20.3 Å². The summed E-state index contributed by atoms with van der Waals surface area (Å²) in [4.78, 5) is 30.3. The number of alkyl halides is 1. The lowest BCUT2D eigenvalue weighted by Crippen LogP contribution is -2.33. The molecular formula is C12H19FN4O9P2. The lowest BCUT2D eigenvalue weighted by molar-refractivity contribution is -0.0994. The molecule has 2 unspecified atom stereocenters. The Morgan fingerprint density at radius 1 is 1.32 bits per heavy atom. The molecule has 0 spiro atoms. The number of phosphoric acid groups is 2. The van der Waals surface area contributed by atoms with E-state index < -0.39 is 47.2 Å². The molecule has 2 heterocycles. The van der Waals surface area contributed by atoms with Crippen molar-refractivity contribution in [2.45, 2.75) is 25.2 Å². The van der Waals surface area contributed by atoms with Gasteiger partial charge in [0.15, 0.2) is 5.82 Å². The molecule has 0 saturated carbocycles. The predicted octanol–water partition coefficient (Wildman–Crippen LogP) is 0.314. The Hall–Kier alpha value is -1.47. The lowest BCUT2D eigenvalue weighted by Gasteiger charge is -2.25. The third kappa shape index (κ3) is 6.01. The number of nitrogens with zero attached hydrogens (tertiary/aromatic N) is 3. The van der Waals surface area contributed by atoms with Gasteiger partial charge in [0.05, 0.1) is 18.4 Å². The van der Waals surface area contributed by atoms with E-state index in [1.54, 1.807) is 0 Å². The molecule has 28 heavy (non-hydrogen) atoms. The van der Waals surface area contributed by atoms with Crippen LogP contribution in [-0.2, 0) is 22.7 Å². The van der Waals surface area contributed by atoms with E-state index in [0.29, 0.717) is 5.52 Å². The minimum absolute atomic E-state index is 0.144. The van der Waals surface area contributed by atoms with Crippen LogP contribution in [0.4, 0.5) is 10.2 Å². The van der Waals surface area contributed by atoms with Gasteiger partial charge in [-0.1, -0.05) is 0 Å². The van der Waals surface area contributed by atoms with E-state index in [0.717, 1.165) is 6.33 Å². The summed E-state index contributed by atoms with van der Waals surface area (Å²) in [6, 6.07) is 3.00. The van der Waals surface area contributed by atoms with Crippen LogP contribution >= 0.6 is 15.6 Å². The van der Waals surface area contributed by atoms with E-state index >= 15 is 0 Å². The lowest BCUT2D eigenvalue weighted by atomic mass is 10.2. The number of aromatic nitrogens is 3. The molecule has 2 aromatic rings. The number of phosphoric ester groups is 1. The van der Waals surface area contributed by atoms with Gasteiger partial charge >= 0.3 is 15.6 Å². The number of ether oxygens (including phenoxy) is 1. The maximum absolute atomic E-state index is 13.6. The monoisotopic (exact) mass is 444 g/mol. The molecule has 2 rings (SSSR count). The average molecular weight is 444 g/mol. The third-order valence-electron chi connectivity index (χ3n) is 3.47. The molecule has 158 valence electrons. The van der Waals surface area contributed by atoms with Crippen LogP contribution in [0, 0.1) is 0 Å². The Morgan fingerprint density at radius 3 is 2.57 bits per heavy atom. The highest BCUT2D eigenvalue weighted by Crippen LogP contribution is 2.57. The standard InChI is InChI=1S/C12H19FN4O9P2/c1-7(18)11(5-24-28(22,23)26-27(19,20)21)25-10(4-13)8-2-3-9-12(14)15-6-16-17(8)9/h2-3,6-7,10-11,18H,4-5H2,1H3,(H,22,23)(H2,14,15,16)(H2,19,20,21)/t7-,10?,11+/m0/s1. The molecule has 0 aromatic carbocycles. The number of aliphatic hydroxyl groups excluding tert-OH is 1. The number of halogens is 1. The quantitative estimate of drug-likeness (QED) is 0.315. The Balaban J connectivity index is 2.16. The molecule has 0 radical (unpaired) electrons. The Labute approximate surface area is 157 Å². The number of nitrogens with two attached hydrogens (primary N) is 1. The number of anilines is 1. The molecule has 0 aliphatic carbocycles. The van der Waals surface area contributed by atoms with Gasteiger partial charge in [0.2, 0.25) is 0 Å². The summed E-state index contributed by atoms with van der Waals surface area (Å²) >= 11 is 0. The first-order valence-corrected chi connectivity index (χ1v) is 10.7. The second-order valence-electron chi connectivity index (χ2n) is 5.60. The maximum atomic E-state index is 13.6. The molecular weight excluding hydrogens is 425 g/mol. The molecule has 0 aliphatic heterocycles. The van der Waals surface area contributed by atoms with E-state index in [1.807, 2.05) is 0 Å². The van der Waals surface area contributed by atoms with E-state index in [-0.39, 0.29) is 11.5 Å². The van der Waals surface area contributed by atoms with Crippen LogP contribution in [0.2, 0.25) is 0 Å². The highest BCUT2D eigenvalue weighted by molar-refractivity contribution is 7.60. The molecule has 6 N–H and O–H groups in total. The van der Waals surface area contributed by atoms with E-state index in [1.165, 1.54) is 23.6 Å². The first-order chi connectivity index (χ1) is 12.9. The molecule has 0 fully saturated rings. The number of nitrogen functional groups attached to an aromatic ring is 1. The fourth-order valence-corrected chi connectivity index (χ4v) is 3.83. The van der Waals surface area contributed by atoms with Gasteiger partial charge in [0.1, 0.15) is 30.7 Å². The Kier molecular flexibility index (Phi) is 7.26. The topological polar surface area (TPSA) is 199 Å². The minimum atomic E-state index is -5.31. The summed E-state index contributed by atoms with van der Waals surface area (Å²) in [5, 5.41) is 13.7. The number of aliphatic hydroxyl groups is 1. The largest absolute Gasteiger partial charge is 0.481 e.